The quantitative estimate of drug-likeness (QED) is 0.753. The number of benzene rings is 1. The fourth-order valence-electron chi connectivity index (χ4n) is 6.06. The molecule has 1 spiro atoms. The van der Waals surface area contributed by atoms with E-state index >= 15 is 0 Å². The number of ether oxygens (including phenoxy) is 1. The highest BCUT2D eigenvalue weighted by Crippen LogP contribution is 2.78. The molecule has 3 unspecified atom stereocenters. The summed E-state index contributed by atoms with van der Waals surface area (Å²) in [4.78, 5) is 25.7. The van der Waals surface area contributed by atoms with Crippen molar-refractivity contribution >= 4 is 11.9 Å². The normalized spacial score (nSPS) is 31.0. The molecule has 1 aromatic heterocycles. The van der Waals surface area contributed by atoms with E-state index in [-0.39, 0.29) is 23.4 Å². The van der Waals surface area contributed by atoms with E-state index in [1.807, 2.05) is 37.3 Å². The van der Waals surface area contributed by atoms with Crippen LogP contribution in [0.25, 0.3) is 11.3 Å². The summed E-state index contributed by atoms with van der Waals surface area (Å²) in [5.41, 5.74) is 2.24. The summed E-state index contributed by atoms with van der Waals surface area (Å²) in [6, 6.07) is 11.8. The molecule has 5 rings (SSSR count). The van der Waals surface area contributed by atoms with Crippen LogP contribution >= 0.6 is 0 Å². The molecule has 3 aliphatic rings. The topological polar surface area (TPSA) is 85.0 Å². The monoisotopic (exact) mass is 401 g/mol. The molecule has 0 amide bonds. The van der Waals surface area contributed by atoms with Gasteiger partial charge in [-0.25, -0.2) is 4.79 Å². The van der Waals surface area contributed by atoms with Crippen molar-refractivity contribution in [1.82, 2.24) is 9.78 Å². The van der Waals surface area contributed by atoms with Gasteiger partial charge >= 0.3 is 6.09 Å². The lowest BCUT2D eigenvalue weighted by molar-refractivity contribution is -0.122. The second kappa shape index (κ2) is 5.91. The summed E-state index contributed by atoms with van der Waals surface area (Å²) in [7, 11) is 0. The van der Waals surface area contributed by atoms with Crippen molar-refractivity contribution in [2.24, 2.45) is 10.8 Å². The zero-order valence-corrected chi connectivity index (χ0v) is 17.4. The molecular weight excluding hydrogens is 378 g/mol. The Hall–Kier alpha value is -3.20. The summed E-state index contributed by atoms with van der Waals surface area (Å²) < 4.78 is 6.66. The summed E-state index contributed by atoms with van der Waals surface area (Å²) in [6.45, 7) is 6.06. The predicted molar refractivity (Wildman–Crippen MR) is 110 cm³/mol. The number of hydrogen-bond acceptors (Lipinski definition) is 5. The van der Waals surface area contributed by atoms with E-state index in [9.17, 15) is 14.9 Å². The Balaban J connectivity index is 1.78. The highest BCUT2D eigenvalue weighted by Gasteiger charge is 2.78. The Morgan fingerprint density at radius 3 is 2.70 bits per heavy atom. The van der Waals surface area contributed by atoms with Gasteiger partial charge in [-0.1, -0.05) is 43.3 Å². The van der Waals surface area contributed by atoms with Gasteiger partial charge < -0.3 is 4.74 Å². The molecule has 0 aliphatic heterocycles. The van der Waals surface area contributed by atoms with E-state index in [1.165, 1.54) is 4.68 Å². The van der Waals surface area contributed by atoms with Gasteiger partial charge in [0.1, 0.15) is 6.07 Å². The van der Waals surface area contributed by atoms with Crippen molar-refractivity contribution in [1.29, 1.82) is 5.26 Å². The Bertz CT molecular complexity index is 1170. The summed E-state index contributed by atoms with van der Waals surface area (Å²) in [6.07, 6.45) is 3.58. The lowest BCUT2D eigenvalue weighted by Crippen LogP contribution is -2.45. The number of nitriles is 1. The van der Waals surface area contributed by atoms with Crippen LogP contribution in [0, 0.1) is 22.2 Å². The molecule has 30 heavy (non-hydrogen) atoms. The minimum Gasteiger partial charge on any atom is -0.448 e. The molecule has 1 heterocycles. The molecule has 6 nitrogen and oxygen atoms in total. The number of allylic oxidation sites excluding steroid dienone is 2. The van der Waals surface area contributed by atoms with Crippen LogP contribution in [0.2, 0.25) is 0 Å². The number of rotatable bonds is 2. The van der Waals surface area contributed by atoms with Gasteiger partial charge in [-0.05, 0) is 38.5 Å². The SMILES string of the molecule is CCOC(=O)n1nc2c(c1-c1ccccc1)CCC13CC1(C)C(=O)C(C#N)=CC23C. The van der Waals surface area contributed by atoms with E-state index in [1.54, 1.807) is 13.0 Å². The van der Waals surface area contributed by atoms with Crippen molar-refractivity contribution < 1.29 is 14.3 Å². The third-order valence-corrected chi connectivity index (χ3v) is 7.65. The first-order chi connectivity index (χ1) is 14.3. The molecule has 1 aromatic carbocycles. The number of carbonyl (C=O) groups is 2. The van der Waals surface area contributed by atoms with Crippen molar-refractivity contribution in [2.75, 3.05) is 6.61 Å². The third kappa shape index (κ3) is 2.05. The molecule has 0 radical (unpaired) electrons. The van der Waals surface area contributed by atoms with Crippen molar-refractivity contribution in [3.05, 3.63) is 53.2 Å². The number of carbonyl (C=O) groups excluding carboxylic acids is 2. The first-order valence-electron chi connectivity index (χ1n) is 10.4. The van der Waals surface area contributed by atoms with Crippen molar-refractivity contribution in [3.63, 3.8) is 0 Å². The highest BCUT2D eigenvalue weighted by atomic mass is 16.5. The molecule has 3 atom stereocenters. The van der Waals surface area contributed by atoms with E-state index in [0.29, 0.717) is 0 Å². The van der Waals surface area contributed by atoms with Gasteiger partial charge in [0.2, 0.25) is 0 Å². The molecular formula is C24H23N3O3. The Morgan fingerprint density at radius 2 is 2.03 bits per heavy atom. The first-order valence-corrected chi connectivity index (χ1v) is 10.4. The molecule has 0 saturated heterocycles. The average molecular weight is 401 g/mol. The van der Waals surface area contributed by atoms with Crippen LogP contribution in [0.1, 0.15) is 44.9 Å². The molecule has 152 valence electrons. The maximum Gasteiger partial charge on any atom is 0.435 e. The molecule has 0 bridgehead atoms. The standard InChI is InChI=1S/C24H23N3O3/c1-4-30-21(29)27-18(15-8-6-5-7-9-15)17-10-11-24-14-23(24,3)20(28)16(13-25)12-22(24,2)19(17)26-27/h5-9,12H,4,10-11,14H2,1-3H3. The van der Waals surface area contributed by atoms with Crippen LogP contribution in [0.4, 0.5) is 4.79 Å². The zero-order valence-electron chi connectivity index (χ0n) is 17.4. The Kier molecular flexibility index (Phi) is 3.71. The lowest BCUT2D eigenvalue weighted by Gasteiger charge is -2.44. The number of hydrogen-bond donors (Lipinski definition) is 0. The van der Waals surface area contributed by atoms with E-state index in [4.69, 9.17) is 9.84 Å². The largest absolute Gasteiger partial charge is 0.448 e. The van der Waals surface area contributed by atoms with Gasteiger partial charge in [-0.2, -0.15) is 15.0 Å². The predicted octanol–water partition coefficient (Wildman–Crippen LogP) is 4.19. The Morgan fingerprint density at radius 1 is 1.30 bits per heavy atom. The van der Waals surface area contributed by atoms with Gasteiger partial charge in [0.05, 0.1) is 23.6 Å². The number of fused-ring (bicyclic) bond motifs is 2. The second-order valence-electron chi connectivity index (χ2n) is 8.94. The van der Waals surface area contributed by atoms with Gasteiger partial charge in [-0.3, -0.25) is 4.79 Å². The van der Waals surface area contributed by atoms with Gasteiger partial charge in [-0.15, -0.1) is 0 Å². The molecule has 3 aliphatic carbocycles. The van der Waals surface area contributed by atoms with Crippen LogP contribution < -0.4 is 0 Å². The highest BCUT2D eigenvalue weighted by molar-refractivity contribution is 6.07. The van der Waals surface area contributed by atoms with Gasteiger partial charge in [0.25, 0.3) is 0 Å². The molecule has 0 N–H and O–H groups in total. The van der Waals surface area contributed by atoms with E-state index in [2.05, 4.69) is 13.0 Å². The average Bonchev–Trinajstić information content (AvgIpc) is 3.19. The number of ketones is 1. The van der Waals surface area contributed by atoms with Crippen LogP contribution in [-0.4, -0.2) is 28.3 Å². The number of nitrogens with zero attached hydrogens (tertiary/aromatic N) is 3. The fourth-order valence-corrected chi connectivity index (χ4v) is 6.06. The second-order valence-corrected chi connectivity index (χ2v) is 8.94. The van der Waals surface area contributed by atoms with Crippen LogP contribution in [0.15, 0.2) is 42.0 Å². The molecule has 1 fully saturated rings. The number of Topliss-reactive ketones (excluding diaryl/α,β-unsaturated/α-hetero) is 1. The molecule has 2 aromatic rings. The minimum atomic E-state index is -0.588. The van der Waals surface area contributed by atoms with Crippen molar-refractivity contribution in [2.45, 2.75) is 45.4 Å². The minimum absolute atomic E-state index is 0.0565. The smallest absolute Gasteiger partial charge is 0.435 e. The van der Waals surface area contributed by atoms with Gasteiger partial charge in [0, 0.05) is 22.0 Å². The first kappa shape index (κ1) is 18.8. The zero-order chi connectivity index (χ0) is 21.3. The summed E-state index contributed by atoms with van der Waals surface area (Å²) >= 11 is 0. The fraction of sp³-hybridized carbons (Fsp3) is 0.417. The summed E-state index contributed by atoms with van der Waals surface area (Å²) in [5.74, 6) is -0.0565. The van der Waals surface area contributed by atoms with Gasteiger partial charge in [0.15, 0.2) is 5.78 Å². The van der Waals surface area contributed by atoms with E-state index < -0.39 is 16.9 Å². The van der Waals surface area contributed by atoms with Crippen molar-refractivity contribution in [3.8, 4) is 17.3 Å². The van der Waals surface area contributed by atoms with Crippen LogP contribution in [0.3, 0.4) is 0 Å². The van der Waals surface area contributed by atoms with Crippen LogP contribution in [0.5, 0.6) is 0 Å². The maximum absolute atomic E-state index is 12.9. The van der Waals surface area contributed by atoms with E-state index in [0.717, 1.165) is 41.8 Å². The molecule has 6 heteroatoms. The Labute approximate surface area is 175 Å². The summed E-state index contributed by atoms with van der Waals surface area (Å²) in [5, 5.41) is 14.4. The van der Waals surface area contributed by atoms with Crippen LogP contribution in [-0.2, 0) is 21.4 Å². The lowest BCUT2D eigenvalue weighted by atomic mass is 9.57. The third-order valence-electron chi connectivity index (χ3n) is 7.65. The maximum atomic E-state index is 12.9. The number of aromatic nitrogens is 2. The molecule has 1 saturated carbocycles.